The highest BCUT2D eigenvalue weighted by atomic mass is 32.1. The fourth-order valence-electron chi connectivity index (χ4n) is 3.06. The van der Waals surface area contributed by atoms with Crippen molar-refractivity contribution in [3.05, 3.63) is 64.9 Å². The maximum absolute atomic E-state index is 4.77. The van der Waals surface area contributed by atoms with Crippen LogP contribution in [0, 0.1) is 20.8 Å². The van der Waals surface area contributed by atoms with Crippen molar-refractivity contribution >= 4 is 16.3 Å². The fraction of sp³-hybridized carbons (Fsp3) is 0.263. The third kappa shape index (κ3) is 2.55. The van der Waals surface area contributed by atoms with Gasteiger partial charge in [-0.15, -0.1) is 0 Å². The Morgan fingerprint density at radius 1 is 1.12 bits per heavy atom. The Morgan fingerprint density at radius 2 is 1.96 bits per heavy atom. The van der Waals surface area contributed by atoms with E-state index in [1.807, 2.05) is 24.1 Å². The van der Waals surface area contributed by atoms with Gasteiger partial charge in [-0.1, -0.05) is 35.1 Å². The van der Waals surface area contributed by atoms with Crippen LogP contribution >= 0.6 is 11.3 Å². The van der Waals surface area contributed by atoms with Crippen molar-refractivity contribution in [2.24, 2.45) is 7.05 Å². The number of aromatic nitrogens is 4. The van der Waals surface area contributed by atoms with E-state index in [4.69, 9.17) is 4.98 Å². The minimum absolute atomic E-state index is 0.906. The molecule has 0 unspecified atom stereocenters. The molecule has 4 rings (SSSR count). The molecule has 3 heterocycles. The maximum Gasteiger partial charge on any atom is 0.194 e. The maximum atomic E-state index is 4.77. The quantitative estimate of drug-likeness (QED) is 0.559. The molecule has 24 heavy (non-hydrogen) atoms. The Balaban J connectivity index is 1.78. The van der Waals surface area contributed by atoms with E-state index >= 15 is 0 Å². The number of hydrogen-bond donors (Lipinski definition) is 0. The van der Waals surface area contributed by atoms with Crippen LogP contribution in [0.25, 0.3) is 15.4 Å². The molecule has 0 atom stereocenters. The predicted molar refractivity (Wildman–Crippen MR) is 98.7 cm³/mol. The van der Waals surface area contributed by atoms with Crippen molar-refractivity contribution in [3.63, 3.8) is 0 Å². The molecule has 0 aliphatic rings. The third-order valence-corrected chi connectivity index (χ3v) is 5.51. The second-order valence-corrected chi connectivity index (χ2v) is 7.41. The summed E-state index contributed by atoms with van der Waals surface area (Å²) in [6.07, 6.45) is 7.05. The Hall–Kier alpha value is -2.40. The summed E-state index contributed by atoms with van der Waals surface area (Å²) in [5, 5.41) is 4.27. The van der Waals surface area contributed by atoms with E-state index in [1.165, 1.54) is 27.3 Å². The number of imidazole rings is 1. The first kappa shape index (κ1) is 15.1. The largest absolute Gasteiger partial charge is 0.293 e. The van der Waals surface area contributed by atoms with Crippen molar-refractivity contribution in [2.75, 3.05) is 0 Å². The Kier molecular flexibility index (Phi) is 3.53. The minimum atomic E-state index is 0.906. The highest BCUT2D eigenvalue weighted by molar-refractivity contribution is 7.20. The van der Waals surface area contributed by atoms with Gasteiger partial charge in [-0.25, -0.2) is 4.98 Å². The fourth-order valence-corrected chi connectivity index (χ4v) is 4.09. The number of nitrogens with zero attached hydrogens (tertiary/aromatic N) is 4. The number of aryl methyl sites for hydroxylation is 4. The molecule has 0 N–H and O–H groups in total. The molecule has 0 bridgehead atoms. The van der Waals surface area contributed by atoms with Crippen LogP contribution in [0.1, 0.15) is 28.1 Å². The van der Waals surface area contributed by atoms with E-state index in [2.05, 4.69) is 54.7 Å². The smallest absolute Gasteiger partial charge is 0.194 e. The lowest BCUT2D eigenvalue weighted by atomic mass is 10.0. The van der Waals surface area contributed by atoms with Crippen LogP contribution in [0.15, 0.2) is 36.8 Å². The van der Waals surface area contributed by atoms with Gasteiger partial charge in [-0.2, -0.15) is 5.10 Å². The Labute approximate surface area is 145 Å². The van der Waals surface area contributed by atoms with Crippen LogP contribution in [0.4, 0.5) is 0 Å². The van der Waals surface area contributed by atoms with E-state index in [9.17, 15) is 0 Å². The van der Waals surface area contributed by atoms with Gasteiger partial charge in [0.25, 0.3) is 0 Å². The van der Waals surface area contributed by atoms with Gasteiger partial charge in [0.2, 0.25) is 0 Å². The number of hydrogen-bond acceptors (Lipinski definition) is 3. The molecular formula is C19H20N4S. The molecule has 4 aromatic rings. The van der Waals surface area contributed by atoms with Crippen molar-refractivity contribution in [3.8, 4) is 10.4 Å². The zero-order valence-corrected chi connectivity index (χ0v) is 15.2. The Morgan fingerprint density at radius 3 is 2.71 bits per heavy atom. The first-order valence-corrected chi connectivity index (χ1v) is 8.85. The van der Waals surface area contributed by atoms with Gasteiger partial charge in [0.1, 0.15) is 0 Å². The van der Waals surface area contributed by atoms with Crippen molar-refractivity contribution in [1.29, 1.82) is 0 Å². The first-order chi connectivity index (χ1) is 11.5. The topological polar surface area (TPSA) is 35.1 Å². The molecule has 0 aliphatic carbocycles. The molecule has 122 valence electrons. The van der Waals surface area contributed by atoms with E-state index in [0.29, 0.717) is 0 Å². The third-order valence-electron chi connectivity index (χ3n) is 4.48. The van der Waals surface area contributed by atoms with Crippen molar-refractivity contribution < 1.29 is 0 Å². The molecule has 1 aromatic carbocycles. The zero-order chi connectivity index (χ0) is 16.8. The normalized spacial score (nSPS) is 11.5. The van der Waals surface area contributed by atoms with Gasteiger partial charge in [0, 0.05) is 31.4 Å². The number of benzene rings is 1. The minimum Gasteiger partial charge on any atom is -0.293 e. The van der Waals surface area contributed by atoms with Gasteiger partial charge >= 0.3 is 0 Å². The van der Waals surface area contributed by atoms with Gasteiger partial charge in [0.05, 0.1) is 22.5 Å². The van der Waals surface area contributed by atoms with Gasteiger partial charge in [-0.05, 0) is 31.9 Å². The monoisotopic (exact) mass is 336 g/mol. The molecular weight excluding hydrogens is 316 g/mol. The summed E-state index contributed by atoms with van der Waals surface area (Å²) in [6, 6.07) is 6.65. The standard InChI is InChI=1S/C19H20N4S/c1-12-5-6-13(2)15(7-12)8-17-14(3)21-19-23(17)11-18(24-19)16-9-20-22(4)10-16/h5-7,9-11H,8H2,1-4H3. The molecule has 4 nitrogen and oxygen atoms in total. The second-order valence-electron chi connectivity index (χ2n) is 6.40. The highest BCUT2D eigenvalue weighted by Gasteiger charge is 2.15. The van der Waals surface area contributed by atoms with Gasteiger partial charge < -0.3 is 0 Å². The van der Waals surface area contributed by atoms with E-state index in [0.717, 1.165) is 22.6 Å². The van der Waals surface area contributed by atoms with Crippen LogP contribution in [0.5, 0.6) is 0 Å². The van der Waals surface area contributed by atoms with E-state index < -0.39 is 0 Å². The van der Waals surface area contributed by atoms with Gasteiger partial charge in [-0.3, -0.25) is 9.08 Å². The first-order valence-electron chi connectivity index (χ1n) is 8.04. The summed E-state index contributed by atoms with van der Waals surface area (Å²) in [4.78, 5) is 7.02. The zero-order valence-electron chi connectivity index (χ0n) is 14.4. The molecule has 0 radical (unpaired) electrons. The lowest BCUT2D eigenvalue weighted by Crippen LogP contribution is -1.98. The van der Waals surface area contributed by atoms with E-state index in [-0.39, 0.29) is 0 Å². The van der Waals surface area contributed by atoms with Gasteiger partial charge in [0.15, 0.2) is 4.96 Å². The molecule has 0 amide bonds. The summed E-state index contributed by atoms with van der Waals surface area (Å²) in [7, 11) is 1.94. The molecule has 5 heteroatoms. The average molecular weight is 336 g/mol. The number of fused-ring (bicyclic) bond motifs is 1. The van der Waals surface area contributed by atoms with Crippen LogP contribution in [0.2, 0.25) is 0 Å². The summed E-state index contributed by atoms with van der Waals surface area (Å²) in [5.41, 5.74) is 7.52. The summed E-state index contributed by atoms with van der Waals surface area (Å²) in [5.74, 6) is 0. The molecule has 0 fully saturated rings. The summed E-state index contributed by atoms with van der Waals surface area (Å²) >= 11 is 1.72. The summed E-state index contributed by atoms with van der Waals surface area (Å²) < 4.78 is 4.07. The van der Waals surface area contributed by atoms with Crippen LogP contribution in [0.3, 0.4) is 0 Å². The molecule has 0 saturated carbocycles. The average Bonchev–Trinajstić information content (AvgIpc) is 3.20. The predicted octanol–water partition coefficient (Wildman–Crippen LogP) is 4.31. The SMILES string of the molecule is Cc1ccc(C)c(Cc2c(C)nc3sc(-c4cnn(C)c4)cn23)c1. The van der Waals surface area contributed by atoms with Crippen molar-refractivity contribution in [2.45, 2.75) is 27.2 Å². The lowest BCUT2D eigenvalue weighted by Gasteiger charge is -2.07. The van der Waals surface area contributed by atoms with E-state index in [1.54, 1.807) is 11.3 Å². The molecule has 3 aromatic heterocycles. The van der Waals surface area contributed by atoms with Crippen LogP contribution in [-0.4, -0.2) is 19.2 Å². The number of thiazole rings is 1. The van der Waals surface area contributed by atoms with Crippen LogP contribution in [-0.2, 0) is 13.5 Å². The molecule has 0 aliphatic heterocycles. The second kappa shape index (κ2) is 5.60. The summed E-state index contributed by atoms with van der Waals surface area (Å²) in [6.45, 7) is 6.42. The number of rotatable bonds is 3. The molecule has 0 spiro atoms. The molecule has 0 saturated heterocycles. The Bertz CT molecular complexity index is 1040. The van der Waals surface area contributed by atoms with Crippen LogP contribution < -0.4 is 0 Å². The van der Waals surface area contributed by atoms with Crippen molar-refractivity contribution in [1.82, 2.24) is 19.2 Å². The lowest BCUT2D eigenvalue weighted by molar-refractivity contribution is 0.768. The highest BCUT2D eigenvalue weighted by Crippen LogP contribution is 2.30.